The lowest BCUT2D eigenvalue weighted by Crippen LogP contribution is -1.93. The van der Waals surface area contributed by atoms with E-state index in [1.807, 2.05) is 6.07 Å². The van der Waals surface area contributed by atoms with Gasteiger partial charge in [-0.15, -0.1) is 5.10 Å². The van der Waals surface area contributed by atoms with Crippen LogP contribution in [0.25, 0.3) is 22.2 Å². The monoisotopic (exact) mass is 294 g/mol. The Morgan fingerprint density at radius 2 is 2.26 bits per heavy atom. The zero-order valence-corrected chi connectivity index (χ0v) is 11.4. The summed E-state index contributed by atoms with van der Waals surface area (Å²) in [6.07, 6.45) is 3.28. The van der Waals surface area contributed by atoms with Crippen LogP contribution in [0.5, 0.6) is 0 Å². The van der Waals surface area contributed by atoms with Gasteiger partial charge < -0.3 is 4.42 Å². The van der Waals surface area contributed by atoms with Crippen molar-refractivity contribution >= 4 is 45.4 Å². The highest BCUT2D eigenvalue weighted by Gasteiger charge is 2.12. The molecule has 3 rings (SSSR count). The summed E-state index contributed by atoms with van der Waals surface area (Å²) >= 11 is 12.2. The van der Waals surface area contributed by atoms with Gasteiger partial charge in [0.1, 0.15) is 10.5 Å². The molecule has 96 valence electrons. The third-order valence-electron chi connectivity index (χ3n) is 2.60. The number of halogens is 2. The SMILES string of the molecule is Cn1nncc1C=C(Cl)c1nc2cccc(Cl)c2o1. The van der Waals surface area contributed by atoms with E-state index in [1.165, 1.54) is 0 Å². The van der Waals surface area contributed by atoms with E-state index in [4.69, 9.17) is 27.6 Å². The van der Waals surface area contributed by atoms with Gasteiger partial charge in [-0.05, 0) is 18.2 Å². The molecule has 2 aromatic heterocycles. The molecule has 0 fully saturated rings. The number of fused-ring (bicyclic) bond motifs is 1. The maximum Gasteiger partial charge on any atom is 0.239 e. The Hall–Kier alpha value is -1.85. The molecule has 0 atom stereocenters. The van der Waals surface area contributed by atoms with Crippen LogP contribution in [0.2, 0.25) is 5.02 Å². The fourth-order valence-corrected chi connectivity index (χ4v) is 2.04. The molecule has 0 bridgehead atoms. The summed E-state index contributed by atoms with van der Waals surface area (Å²) in [6, 6.07) is 5.35. The largest absolute Gasteiger partial charge is 0.434 e. The average Bonchev–Trinajstić information content (AvgIpc) is 2.97. The second-order valence-electron chi connectivity index (χ2n) is 3.88. The third kappa shape index (κ3) is 2.22. The fourth-order valence-electron chi connectivity index (χ4n) is 1.64. The molecule has 0 saturated heterocycles. The molecule has 19 heavy (non-hydrogen) atoms. The second kappa shape index (κ2) is 4.68. The highest BCUT2D eigenvalue weighted by Crippen LogP contribution is 2.29. The first kappa shape index (κ1) is 12.2. The topological polar surface area (TPSA) is 56.7 Å². The van der Waals surface area contributed by atoms with Gasteiger partial charge in [-0.3, -0.25) is 0 Å². The van der Waals surface area contributed by atoms with E-state index in [-0.39, 0.29) is 0 Å². The quantitative estimate of drug-likeness (QED) is 0.727. The third-order valence-corrected chi connectivity index (χ3v) is 3.16. The Kier molecular flexibility index (Phi) is 3.00. The number of para-hydroxylation sites is 1. The van der Waals surface area contributed by atoms with Crippen molar-refractivity contribution in [3.8, 4) is 0 Å². The first-order valence-electron chi connectivity index (χ1n) is 5.42. The van der Waals surface area contributed by atoms with Crippen molar-refractivity contribution < 1.29 is 4.42 Å². The van der Waals surface area contributed by atoms with Crippen LogP contribution in [0, 0.1) is 0 Å². The van der Waals surface area contributed by atoms with Gasteiger partial charge in [0.15, 0.2) is 5.58 Å². The first-order valence-corrected chi connectivity index (χ1v) is 6.18. The molecule has 0 spiro atoms. The van der Waals surface area contributed by atoms with Crippen molar-refractivity contribution in [1.29, 1.82) is 0 Å². The summed E-state index contributed by atoms with van der Waals surface area (Å²) in [5, 5.41) is 8.44. The Balaban J connectivity index is 2.07. The molecule has 2 heterocycles. The molecule has 5 nitrogen and oxygen atoms in total. The summed E-state index contributed by atoms with van der Waals surface area (Å²) in [4.78, 5) is 4.28. The molecule has 0 aliphatic heterocycles. The predicted molar refractivity (Wildman–Crippen MR) is 73.7 cm³/mol. The van der Waals surface area contributed by atoms with Crippen LogP contribution in [-0.4, -0.2) is 20.0 Å². The number of rotatable bonds is 2. The van der Waals surface area contributed by atoms with Gasteiger partial charge >= 0.3 is 0 Å². The molecule has 0 N–H and O–H groups in total. The van der Waals surface area contributed by atoms with Gasteiger partial charge in [-0.2, -0.15) is 0 Å². The van der Waals surface area contributed by atoms with Gasteiger partial charge in [-0.1, -0.05) is 34.5 Å². The molecule has 0 aliphatic carbocycles. The van der Waals surface area contributed by atoms with Crippen LogP contribution in [0.4, 0.5) is 0 Å². The number of aromatic nitrogens is 4. The summed E-state index contributed by atoms with van der Waals surface area (Å²) in [5.74, 6) is 0.311. The van der Waals surface area contributed by atoms with E-state index < -0.39 is 0 Å². The standard InChI is InChI=1S/C12H8Cl2N4O/c1-18-7(6-15-17-18)5-9(14)12-16-10-4-2-3-8(13)11(10)19-12/h2-6H,1H3. The number of hydrogen-bond donors (Lipinski definition) is 0. The molecule has 0 unspecified atom stereocenters. The Morgan fingerprint density at radius 3 is 2.95 bits per heavy atom. The summed E-state index contributed by atoms with van der Waals surface area (Å²) < 4.78 is 7.15. The molecule has 7 heteroatoms. The van der Waals surface area contributed by atoms with Crippen molar-refractivity contribution in [2.24, 2.45) is 7.05 Å². The van der Waals surface area contributed by atoms with E-state index in [0.29, 0.717) is 27.0 Å². The zero-order chi connectivity index (χ0) is 13.4. The summed E-state index contributed by atoms with van der Waals surface area (Å²) in [6.45, 7) is 0. The van der Waals surface area contributed by atoms with Gasteiger partial charge in [0.05, 0.1) is 16.9 Å². The number of hydrogen-bond acceptors (Lipinski definition) is 4. The number of benzene rings is 1. The minimum atomic E-state index is 0.311. The zero-order valence-electron chi connectivity index (χ0n) is 9.84. The molecular weight excluding hydrogens is 287 g/mol. The van der Waals surface area contributed by atoms with E-state index in [2.05, 4.69) is 15.3 Å². The minimum absolute atomic E-state index is 0.311. The van der Waals surface area contributed by atoms with E-state index in [1.54, 1.807) is 36.1 Å². The highest BCUT2D eigenvalue weighted by atomic mass is 35.5. The number of oxazole rings is 1. The van der Waals surface area contributed by atoms with E-state index in [9.17, 15) is 0 Å². The lowest BCUT2D eigenvalue weighted by molar-refractivity contribution is 0.588. The van der Waals surface area contributed by atoms with Crippen molar-refractivity contribution in [3.63, 3.8) is 0 Å². The molecular formula is C12H8Cl2N4O. The van der Waals surface area contributed by atoms with Crippen LogP contribution >= 0.6 is 23.2 Å². The van der Waals surface area contributed by atoms with Gasteiger partial charge in [-0.25, -0.2) is 9.67 Å². The predicted octanol–water partition coefficient (Wildman–Crippen LogP) is 3.35. The molecule has 3 aromatic rings. The van der Waals surface area contributed by atoms with Gasteiger partial charge in [0.2, 0.25) is 5.89 Å². The van der Waals surface area contributed by atoms with E-state index in [0.717, 1.165) is 5.69 Å². The molecule has 0 amide bonds. The lowest BCUT2D eigenvalue weighted by atomic mass is 10.3. The van der Waals surface area contributed by atoms with E-state index >= 15 is 0 Å². The fraction of sp³-hybridized carbons (Fsp3) is 0.0833. The minimum Gasteiger partial charge on any atom is -0.434 e. The van der Waals surface area contributed by atoms with Crippen molar-refractivity contribution in [2.45, 2.75) is 0 Å². The highest BCUT2D eigenvalue weighted by molar-refractivity contribution is 6.50. The van der Waals surface area contributed by atoms with Gasteiger partial charge in [0.25, 0.3) is 0 Å². The first-order chi connectivity index (χ1) is 9.15. The maximum absolute atomic E-state index is 6.19. The molecule has 0 aliphatic rings. The van der Waals surface area contributed by atoms with Crippen LogP contribution in [0.15, 0.2) is 28.8 Å². The van der Waals surface area contributed by atoms with Crippen LogP contribution in [0.1, 0.15) is 11.6 Å². The molecule has 1 aromatic carbocycles. The van der Waals surface area contributed by atoms with Crippen molar-refractivity contribution in [2.75, 3.05) is 0 Å². The molecule has 0 radical (unpaired) electrons. The van der Waals surface area contributed by atoms with Gasteiger partial charge in [0, 0.05) is 7.05 Å². The average molecular weight is 295 g/mol. The number of aryl methyl sites for hydroxylation is 1. The summed E-state index contributed by atoms with van der Waals surface area (Å²) in [5.41, 5.74) is 1.93. The Morgan fingerprint density at radius 1 is 1.42 bits per heavy atom. The second-order valence-corrected chi connectivity index (χ2v) is 4.70. The van der Waals surface area contributed by atoms with Crippen LogP contribution < -0.4 is 0 Å². The van der Waals surface area contributed by atoms with Crippen molar-refractivity contribution in [3.05, 3.63) is 41.0 Å². The van der Waals surface area contributed by atoms with Crippen LogP contribution in [-0.2, 0) is 7.05 Å². The summed E-state index contributed by atoms with van der Waals surface area (Å²) in [7, 11) is 1.77. The Labute approximate surface area is 118 Å². The van der Waals surface area contributed by atoms with Crippen molar-refractivity contribution in [1.82, 2.24) is 20.0 Å². The van der Waals surface area contributed by atoms with Crippen LogP contribution in [0.3, 0.4) is 0 Å². The number of nitrogens with zero attached hydrogens (tertiary/aromatic N) is 4. The maximum atomic E-state index is 6.19. The lowest BCUT2D eigenvalue weighted by Gasteiger charge is -1.94. The molecule has 0 saturated carbocycles. The normalized spacial score (nSPS) is 12.3. The smallest absolute Gasteiger partial charge is 0.239 e. The Bertz CT molecular complexity index is 775.